The molecule has 0 fully saturated rings. The fourth-order valence-corrected chi connectivity index (χ4v) is 3.30. The van der Waals surface area contributed by atoms with E-state index in [-0.39, 0.29) is 0 Å². The topological polar surface area (TPSA) is 50.1 Å². The maximum atomic E-state index is 10.1. The Morgan fingerprint density at radius 1 is 1.56 bits per heavy atom. The molecule has 0 aliphatic heterocycles. The molecule has 1 atom stereocenters. The number of aryl methyl sites for hydroxylation is 2. The molecular weight excluding hydrogens is 314 g/mol. The molecule has 2 N–H and O–H groups in total. The van der Waals surface area contributed by atoms with Crippen LogP contribution in [0.4, 0.5) is 0 Å². The summed E-state index contributed by atoms with van der Waals surface area (Å²) in [4.78, 5) is 0. The molecule has 18 heavy (non-hydrogen) atoms. The molecule has 0 saturated heterocycles. The fraction of sp³-hybridized carbons (Fsp3) is 0.750. The smallest absolute Gasteiger partial charge is 0.0833 e. The van der Waals surface area contributed by atoms with Crippen LogP contribution in [-0.4, -0.2) is 39.0 Å². The Labute approximate surface area is 122 Å². The minimum absolute atomic E-state index is 0.576. The number of thioether (sulfide) groups is 1. The molecule has 0 aliphatic carbocycles. The van der Waals surface area contributed by atoms with Gasteiger partial charge in [-0.3, -0.25) is 4.68 Å². The van der Waals surface area contributed by atoms with Gasteiger partial charge in [-0.05, 0) is 35.5 Å². The van der Waals surface area contributed by atoms with E-state index in [0.717, 1.165) is 28.0 Å². The van der Waals surface area contributed by atoms with E-state index < -0.39 is 5.60 Å². The van der Waals surface area contributed by atoms with Crippen molar-refractivity contribution in [1.29, 1.82) is 0 Å². The average molecular weight is 336 g/mol. The Bertz CT molecular complexity index is 393. The summed E-state index contributed by atoms with van der Waals surface area (Å²) in [6.07, 6.45) is 2.91. The standard InChI is InChI=1S/C12H22BrN3OS/c1-5-9-11(13)10(16(3)15-9)6-14-7-12(2,17)8-18-4/h14,17H,5-8H2,1-4H3. The molecule has 0 amide bonds. The van der Waals surface area contributed by atoms with Crippen molar-refractivity contribution < 1.29 is 5.11 Å². The number of nitrogens with zero attached hydrogens (tertiary/aromatic N) is 2. The van der Waals surface area contributed by atoms with Crippen molar-refractivity contribution in [3.63, 3.8) is 0 Å². The molecule has 0 aliphatic rings. The van der Waals surface area contributed by atoms with Crippen molar-refractivity contribution in [1.82, 2.24) is 15.1 Å². The van der Waals surface area contributed by atoms with Crippen molar-refractivity contribution in [2.75, 3.05) is 18.6 Å². The van der Waals surface area contributed by atoms with Gasteiger partial charge in [0.05, 0.1) is 21.5 Å². The molecule has 1 aromatic heterocycles. The van der Waals surface area contributed by atoms with E-state index in [1.54, 1.807) is 11.8 Å². The van der Waals surface area contributed by atoms with Gasteiger partial charge in [-0.1, -0.05) is 6.92 Å². The number of aliphatic hydroxyl groups is 1. The van der Waals surface area contributed by atoms with E-state index in [4.69, 9.17) is 0 Å². The zero-order valence-electron chi connectivity index (χ0n) is 11.5. The van der Waals surface area contributed by atoms with E-state index in [0.29, 0.717) is 13.1 Å². The summed E-state index contributed by atoms with van der Waals surface area (Å²) in [6, 6.07) is 0. The van der Waals surface area contributed by atoms with Crippen LogP contribution in [0.1, 0.15) is 25.2 Å². The molecule has 1 aromatic rings. The minimum atomic E-state index is -0.669. The van der Waals surface area contributed by atoms with E-state index in [1.807, 2.05) is 24.9 Å². The van der Waals surface area contributed by atoms with Crippen LogP contribution in [0.15, 0.2) is 4.47 Å². The minimum Gasteiger partial charge on any atom is -0.388 e. The van der Waals surface area contributed by atoms with Crippen LogP contribution in [0.2, 0.25) is 0 Å². The first kappa shape index (κ1) is 16.0. The number of nitrogens with one attached hydrogen (secondary N) is 1. The van der Waals surface area contributed by atoms with Crippen LogP contribution in [0, 0.1) is 0 Å². The second-order valence-electron chi connectivity index (χ2n) is 4.72. The van der Waals surface area contributed by atoms with Gasteiger partial charge in [0, 0.05) is 25.9 Å². The zero-order valence-corrected chi connectivity index (χ0v) is 13.9. The van der Waals surface area contributed by atoms with Gasteiger partial charge in [-0.25, -0.2) is 0 Å². The highest BCUT2D eigenvalue weighted by atomic mass is 79.9. The van der Waals surface area contributed by atoms with Crippen LogP contribution < -0.4 is 5.32 Å². The van der Waals surface area contributed by atoms with Gasteiger partial charge >= 0.3 is 0 Å². The van der Waals surface area contributed by atoms with Gasteiger partial charge < -0.3 is 10.4 Å². The van der Waals surface area contributed by atoms with Crippen LogP contribution in [0.5, 0.6) is 0 Å². The van der Waals surface area contributed by atoms with E-state index in [1.165, 1.54) is 0 Å². The molecule has 0 bridgehead atoms. The van der Waals surface area contributed by atoms with Crippen molar-refractivity contribution in [3.05, 3.63) is 15.9 Å². The number of aromatic nitrogens is 2. The summed E-state index contributed by atoms with van der Waals surface area (Å²) in [6.45, 7) is 5.22. The Kier molecular flexibility index (Phi) is 6.17. The summed E-state index contributed by atoms with van der Waals surface area (Å²) in [5.41, 5.74) is 1.52. The second kappa shape index (κ2) is 6.93. The Morgan fingerprint density at radius 2 is 2.22 bits per heavy atom. The summed E-state index contributed by atoms with van der Waals surface area (Å²) in [7, 11) is 1.95. The summed E-state index contributed by atoms with van der Waals surface area (Å²) >= 11 is 5.24. The molecule has 104 valence electrons. The van der Waals surface area contributed by atoms with Crippen molar-refractivity contribution in [2.45, 2.75) is 32.4 Å². The molecular formula is C12H22BrN3OS. The molecule has 0 saturated carbocycles. The van der Waals surface area contributed by atoms with Gasteiger partial charge in [-0.2, -0.15) is 16.9 Å². The van der Waals surface area contributed by atoms with Crippen LogP contribution in [0.25, 0.3) is 0 Å². The summed E-state index contributed by atoms with van der Waals surface area (Å²) < 4.78 is 2.96. The average Bonchev–Trinajstić information content (AvgIpc) is 2.55. The molecule has 1 unspecified atom stereocenters. The lowest BCUT2D eigenvalue weighted by Gasteiger charge is -2.22. The predicted molar refractivity (Wildman–Crippen MR) is 81.0 cm³/mol. The lowest BCUT2D eigenvalue weighted by Crippen LogP contribution is -2.39. The zero-order chi connectivity index (χ0) is 13.8. The van der Waals surface area contributed by atoms with Crippen molar-refractivity contribution in [3.8, 4) is 0 Å². The highest BCUT2D eigenvalue weighted by Gasteiger charge is 2.19. The number of halogens is 1. The molecule has 4 nitrogen and oxygen atoms in total. The maximum Gasteiger partial charge on any atom is 0.0833 e. The second-order valence-corrected chi connectivity index (χ2v) is 6.38. The first-order chi connectivity index (χ1) is 8.41. The first-order valence-electron chi connectivity index (χ1n) is 6.03. The SMILES string of the molecule is CCc1nn(C)c(CNCC(C)(O)CSC)c1Br. The van der Waals surface area contributed by atoms with Gasteiger partial charge in [0.2, 0.25) is 0 Å². The lowest BCUT2D eigenvalue weighted by atomic mass is 10.1. The number of hydrogen-bond acceptors (Lipinski definition) is 4. The predicted octanol–water partition coefficient (Wildman–Crippen LogP) is 1.95. The van der Waals surface area contributed by atoms with E-state index in [9.17, 15) is 5.11 Å². The van der Waals surface area contributed by atoms with Gasteiger partial charge in [0.25, 0.3) is 0 Å². The van der Waals surface area contributed by atoms with E-state index in [2.05, 4.69) is 33.3 Å². The largest absolute Gasteiger partial charge is 0.388 e. The Morgan fingerprint density at radius 3 is 2.72 bits per heavy atom. The quantitative estimate of drug-likeness (QED) is 0.799. The van der Waals surface area contributed by atoms with Gasteiger partial charge in [0.15, 0.2) is 0 Å². The summed E-state index contributed by atoms with van der Waals surface area (Å²) in [5, 5.41) is 17.8. The molecule has 1 heterocycles. The normalized spacial score (nSPS) is 14.8. The van der Waals surface area contributed by atoms with E-state index >= 15 is 0 Å². The van der Waals surface area contributed by atoms with Crippen molar-refractivity contribution in [2.24, 2.45) is 7.05 Å². The van der Waals surface area contributed by atoms with Crippen molar-refractivity contribution >= 4 is 27.7 Å². The molecule has 1 rings (SSSR count). The molecule has 6 heteroatoms. The molecule has 0 spiro atoms. The Balaban J connectivity index is 2.56. The fourth-order valence-electron chi connectivity index (χ4n) is 1.82. The number of rotatable bonds is 7. The lowest BCUT2D eigenvalue weighted by molar-refractivity contribution is 0.0844. The maximum absolute atomic E-state index is 10.1. The monoisotopic (exact) mass is 335 g/mol. The van der Waals surface area contributed by atoms with Crippen LogP contribution in [0.3, 0.4) is 0 Å². The van der Waals surface area contributed by atoms with Crippen LogP contribution >= 0.6 is 27.7 Å². The third-order valence-corrected chi connectivity index (χ3v) is 4.58. The first-order valence-corrected chi connectivity index (χ1v) is 8.22. The van der Waals surface area contributed by atoms with Gasteiger partial charge in [0.1, 0.15) is 0 Å². The third kappa shape index (κ3) is 4.26. The third-order valence-electron chi connectivity index (χ3n) is 2.76. The summed E-state index contributed by atoms with van der Waals surface area (Å²) in [5.74, 6) is 0.729. The molecule has 0 radical (unpaired) electrons. The Hall–Kier alpha value is -0.0400. The highest BCUT2D eigenvalue weighted by Crippen LogP contribution is 2.21. The highest BCUT2D eigenvalue weighted by molar-refractivity contribution is 9.10. The van der Waals surface area contributed by atoms with Gasteiger partial charge in [-0.15, -0.1) is 0 Å². The van der Waals surface area contributed by atoms with Crippen LogP contribution in [-0.2, 0) is 20.0 Å². The number of hydrogen-bond donors (Lipinski definition) is 2. The molecule has 0 aromatic carbocycles.